The van der Waals surface area contributed by atoms with Crippen molar-refractivity contribution in [3.05, 3.63) is 17.8 Å². The van der Waals surface area contributed by atoms with E-state index < -0.39 is 37.0 Å². The number of imidazole rings is 1. The van der Waals surface area contributed by atoms with Gasteiger partial charge in [-0.2, -0.15) is 0 Å². The highest BCUT2D eigenvalue weighted by molar-refractivity contribution is 5.90. The quantitative estimate of drug-likeness (QED) is 0.739. The molecule has 1 aromatic carbocycles. The zero-order valence-electron chi connectivity index (χ0n) is 17.0. The molecule has 1 fully saturated rings. The number of carbonyl (C=O) groups is 2. The van der Waals surface area contributed by atoms with Crippen LogP contribution in [0.2, 0.25) is 0 Å². The summed E-state index contributed by atoms with van der Waals surface area (Å²) in [5.74, 6) is 0.837. The first-order valence-electron chi connectivity index (χ1n) is 10.0. The second-order valence-electron chi connectivity index (χ2n) is 7.79. The van der Waals surface area contributed by atoms with Gasteiger partial charge in [0.1, 0.15) is 36.4 Å². The predicted molar refractivity (Wildman–Crippen MR) is 105 cm³/mol. The fourth-order valence-electron chi connectivity index (χ4n) is 4.05. The molecule has 0 spiro atoms. The van der Waals surface area contributed by atoms with E-state index in [1.807, 2.05) is 0 Å². The van der Waals surface area contributed by atoms with Gasteiger partial charge in [0.05, 0.1) is 6.54 Å². The predicted octanol–water partition coefficient (Wildman–Crippen LogP) is 1.93. The molecule has 5 rings (SSSR count). The number of nitrogens with zero attached hydrogens (tertiary/aromatic N) is 3. The fourth-order valence-corrected chi connectivity index (χ4v) is 4.05. The maximum Gasteiger partial charge on any atom is 0.416 e. The van der Waals surface area contributed by atoms with Crippen molar-refractivity contribution >= 4 is 17.8 Å². The highest BCUT2D eigenvalue weighted by Gasteiger charge is 2.42. The van der Waals surface area contributed by atoms with Crippen molar-refractivity contribution in [2.45, 2.75) is 32.4 Å². The van der Waals surface area contributed by atoms with Gasteiger partial charge < -0.3 is 29.2 Å². The van der Waals surface area contributed by atoms with Gasteiger partial charge in [-0.1, -0.05) is 6.92 Å². The van der Waals surface area contributed by atoms with Crippen LogP contribution in [0.15, 0.2) is 12.3 Å². The Kier molecular flexibility index (Phi) is 4.79. The molecule has 32 heavy (non-hydrogen) atoms. The third kappa shape index (κ3) is 3.17. The first kappa shape index (κ1) is 20.3. The number of alkyl halides is 2. The zero-order valence-corrected chi connectivity index (χ0v) is 17.0. The normalized spacial score (nSPS) is 19.8. The summed E-state index contributed by atoms with van der Waals surface area (Å²) in [6.07, 6.45) is -1.82. The summed E-state index contributed by atoms with van der Waals surface area (Å²) >= 11 is 0. The van der Waals surface area contributed by atoms with Gasteiger partial charge >= 0.3 is 6.09 Å². The topological polar surface area (TPSA) is 118 Å². The van der Waals surface area contributed by atoms with Crippen LogP contribution in [0.1, 0.15) is 12.5 Å². The number of benzene rings is 1. The molecule has 0 unspecified atom stereocenters. The largest absolute Gasteiger partial charge is 0.491 e. The second-order valence-corrected chi connectivity index (χ2v) is 7.79. The molecule has 0 aliphatic carbocycles. The minimum absolute atomic E-state index is 0.0385. The molecule has 2 amide bonds. The summed E-state index contributed by atoms with van der Waals surface area (Å²) in [6, 6.07) is 0.332. The molecule has 1 aromatic heterocycles. The van der Waals surface area contributed by atoms with Gasteiger partial charge in [0, 0.05) is 17.7 Å². The van der Waals surface area contributed by atoms with Crippen molar-refractivity contribution in [1.29, 1.82) is 0 Å². The second kappa shape index (κ2) is 7.53. The highest BCUT2D eigenvalue weighted by Crippen LogP contribution is 2.50. The van der Waals surface area contributed by atoms with E-state index in [4.69, 9.17) is 24.7 Å². The van der Waals surface area contributed by atoms with E-state index in [9.17, 15) is 18.4 Å². The number of halogens is 2. The Morgan fingerprint density at radius 1 is 1.28 bits per heavy atom. The number of hydrogen-bond acceptors (Lipinski definition) is 7. The molecule has 3 aliphatic rings. The van der Waals surface area contributed by atoms with Gasteiger partial charge in [0.2, 0.25) is 12.7 Å². The fraction of sp³-hybridized carbons (Fsp3) is 0.450. The van der Waals surface area contributed by atoms with E-state index in [0.717, 1.165) is 4.90 Å². The van der Waals surface area contributed by atoms with Crippen LogP contribution in [0, 0.1) is 5.92 Å². The van der Waals surface area contributed by atoms with Gasteiger partial charge in [-0.15, -0.1) is 0 Å². The molecular formula is C20H20F2N4O6. The van der Waals surface area contributed by atoms with Crippen molar-refractivity contribution in [2.75, 3.05) is 24.9 Å². The lowest BCUT2D eigenvalue weighted by molar-refractivity contribution is -0.121. The van der Waals surface area contributed by atoms with E-state index in [0.29, 0.717) is 47.2 Å². The average Bonchev–Trinajstić information content (AvgIpc) is 3.45. The maximum atomic E-state index is 13.4. The van der Waals surface area contributed by atoms with E-state index in [1.54, 1.807) is 17.6 Å². The van der Waals surface area contributed by atoms with Gasteiger partial charge in [0.15, 0.2) is 17.3 Å². The number of aromatic nitrogens is 2. The molecule has 10 nitrogen and oxygen atoms in total. The molecule has 0 radical (unpaired) electrons. The van der Waals surface area contributed by atoms with Crippen LogP contribution >= 0.6 is 0 Å². The van der Waals surface area contributed by atoms with E-state index in [1.165, 1.54) is 6.20 Å². The number of ether oxygens (including phenoxy) is 4. The standard InChI is InChI=1S/C20H20F2N4O6/c1-9(18(23)27)4-10-5-12-14(16-15(10)31-8-32-16)19-24-13(6-25(19)2-3-29-12)26-11(17(21)22)7-30-20(26)28/h5-6,9,11,17H,2-4,7-8H2,1H3,(H2,23,27)/t9-,11+/m1/s1. The Morgan fingerprint density at radius 2 is 2.06 bits per heavy atom. The third-order valence-electron chi connectivity index (χ3n) is 5.72. The molecule has 2 atom stereocenters. The monoisotopic (exact) mass is 450 g/mol. The number of amides is 2. The molecule has 2 aromatic rings. The first-order chi connectivity index (χ1) is 15.3. The third-order valence-corrected chi connectivity index (χ3v) is 5.72. The van der Waals surface area contributed by atoms with Crippen LogP contribution in [0.5, 0.6) is 17.2 Å². The number of primary amides is 1. The van der Waals surface area contributed by atoms with Gasteiger partial charge in [0.25, 0.3) is 6.43 Å². The van der Waals surface area contributed by atoms with Crippen LogP contribution < -0.4 is 24.8 Å². The molecular weight excluding hydrogens is 430 g/mol. The molecule has 12 heteroatoms. The van der Waals surface area contributed by atoms with Gasteiger partial charge in [-0.05, 0) is 12.5 Å². The van der Waals surface area contributed by atoms with Crippen molar-refractivity contribution in [1.82, 2.24) is 9.55 Å². The van der Waals surface area contributed by atoms with Crippen molar-refractivity contribution in [2.24, 2.45) is 11.7 Å². The van der Waals surface area contributed by atoms with Gasteiger partial charge in [-0.3, -0.25) is 4.79 Å². The molecule has 3 aliphatic heterocycles. The van der Waals surface area contributed by atoms with Crippen molar-refractivity contribution in [3.63, 3.8) is 0 Å². The van der Waals surface area contributed by atoms with E-state index in [-0.39, 0.29) is 19.2 Å². The molecule has 1 saturated heterocycles. The van der Waals surface area contributed by atoms with Crippen LogP contribution in [0.4, 0.5) is 19.4 Å². The molecule has 4 heterocycles. The number of cyclic esters (lactones) is 1. The lowest BCUT2D eigenvalue weighted by atomic mass is 9.97. The van der Waals surface area contributed by atoms with Crippen LogP contribution in [0.25, 0.3) is 11.4 Å². The number of fused-ring (bicyclic) bond motifs is 5. The van der Waals surface area contributed by atoms with E-state index in [2.05, 4.69) is 4.98 Å². The number of rotatable bonds is 5. The average molecular weight is 450 g/mol. The number of carbonyl (C=O) groups excluding carboxylic acids is 2. The lowest BCUT2D eigenvalue weighted by Gasteiger charge is -2.18. The molecule has 2 N–H and O–H groups in total. The summed E-state index contributed by atoms with van der Waals surface area (Å²) in [4.78, 5) is 29.0. The number of anilines is 1. The van der Waals surface area contributed by atoms with E-state index >= 15 is 0 Å². The summed E-state index contributed by atoms with van der Waals surface area (Å²) in [7, 11) is 0. The summed E-state index contributed by atoms with van der Waals surface area (Å²) in [5, 5.41) is 0. The Balaban J connectivity index is 1.61. The summed E-state index contributed by atoms with van der Waals surface area (Å²) in [6.45, 7) is 1.89. The zero-order chi connectivity index (χ0) is 22.6. The summed E-state index contributed by atoms with van der Waals surface area (Å²) in [5.41, 5.74) is 6.59. The highest BCUT2D eigenvalue weighted by atomic mass is 19.3. The Morgan fingerprint density at radius 3 is 2.81 bits per heavy atom. The first-order valence-corrected chi connectivity index (χ1v) is 10.0. The Hall–Kier alpha value is -3.57. The summed E-state index contributed by atoms with van der Waals surface area (Å²) < 4.78 is 50.6. The van der Waals surface area contributed by atoms with Crippen molar-refractivity contribution < 1.29 is 37.3 Å². The smallest absolute Gasteiger partial charge is 0.416 e. The Labute approximate surface area is 180 Å². The lowest BCUT2D eigenvalue weighted by Crippen LogP contribution is -2.38. The van der Waals surface area contributed by atoms with Crippen molar-refractivity contribution in [3.8, 4) is 28.6 Å². The maximum absolute atomic E-state index is 13.4. The van der Waals surface area contributed by atoms with Crippen LogP contribution in [0.3, 0.4) is 0 Å². The molecule has 170 valence electrons. The molecule has 0 bridgehead atoms. The molecule has 0 saturated carbocycles. The van der Waals surface area contributed by atoms with Crippen LogP contribution in [-0.4, -0.2) is 54.0 Å². The minimum Gasteiger partial charge on any atom is -0.491 e. The van der Waals surface area contributed by atoms with Crippen LogP contribution in [-0.2, 0) is 22.5 Å². The minimum atomic E-state index is -2.78. The number of hydrogen-bond donors (Lipinski definition) is 1. The van der Waals surface area contributed by atoms with Gasteiger partial charge in [-0.25, -0.2) is 23.5 Å². The Bertz CT molecular complexity index is 1100. The number of nitrogens with two attached hydrogens (primary N) is 1. The SMILES string of the molecule is C[C@H](Cc1cc2c(c3c1OCO3)-c1nc(N3C(=O)OC[C@H]3C(F)F)cn1CCO2)C(N)=O.